The summed E-state index contributed by atoms with van der Waals surface area (Å²) in [6.45, 7) is 7.29. The Hall–Kier alpha value is -5.14. The lowest BCUT2D eigenvalue weighted by Gasteiger charge is -2.36. The molecule has 0 bridgehead atoms. The number of allylic oxidation sites excluding steroid dienone is 1. The molecule has 284 valence electrons. The summed E-state index contributed by atoms with van der Waals surface area (Å²) in [7, 11) is 0. The van der Waals surface area contributed by atoms with Crippen LogP contribution in [0.5, 0.6) is 5.75 Å². The molecule has 2 aliphatic carbocycles. The fourth-order valence-corrected chi connectivity index (χ4v) is 6.68. The average molecular weight is 730 g/mol. The van der Waals surface area contributed by atoms with Crippen LogP contribution in [0.4, 0.5) is 0 Å². The van der Waals surface area contributed by atoms with E-state index in [0.717, 1.165) is 37.7 Å². The largest absolute Gasteiger partial charge is 0.488 e. The predicted molar refractivity (Wildman–Crippen MR) is 195 cm³/mol. The predicted octanol–water partition coefficient (Wildman–Crippen LogP) is 3.14. The number of benzene rings is 1. The van der Waals surface area contributed by atoms with Crippen LogP contribution in [0.15, 0.2) is 60.2 Å². The second-order valence-corrected chi connectivity index (χ2v) is 15.1. The van der Waals surface area contributed by atoms with Crippen molar-refractivity contribution >= 4 is 35.3 Å². The van der Waals surface area contributed by atoms with Gasteiger partial charge in [-0.1, -0.05) is 58.7 Å². The summed E-state index contributed by atoms with van der Waals surface area (Å²) in [5.41, 5.74) is 0.0512. The minimum atomic E-state index is -1.13. The van der Waals surface area contributed by atoms with Crippen molar-refractivity contribution in [2.45, 2.75) is 122 Å². The van der Waals surface area contributed by atoms with E-state index in [1.54, 1.807) is 32.9 Å². The normalized spacial score (nSPS) is 19.7. The Morgan fingerprint density at radius 2 is 1.66 bits per heavy atom. The number of amides is 5. The highest BCUT2D eigenvalue weighted by atomic mass is 16.5. The topological polar surface area (TPSA) is 189 Å². The molecule has 0 radical (unpaired) electrons. The number of Topliss-reactive ketones (excluding diaryl/α,β-unsaturated/α-hetero) is 1. The molecule has 14 heteroatoms. The van der Waals surface area contributed by atoms with Gasteiger partial charge in [-0.2, -0.15) is 0 Å². The highest BCUT2D eigenvalue weighted by Crippen LogP contribution is 2.30. The third-order valence-corrected chi connectivity index (χ3v) is 9.70. The standard InChI is InChI=1S/C39H51N7O7/c1-5-12-28(32(47)37(51)42-25-17-18-25)43-35(49)30-21-27(53-26-15-10-7-11-16-26)23-46(30)38(52)33(39(2,3)4)45-36(50)31(24-13-8-6-9-14-24)44-34(48)29-22-40-19-20-41-29/h7,10-11,15-16,19-20,22,25,27-28,30,33H,5-6,8-9,12-14,17-18,21,23H2,1-4H3,(H,42,51)(H,43,49)(H,44,48)(H,45,50)/t27-,28?,30+,33-/m1/s1. The van der Waals surface area contributed by atoms with E-state index in [9.17, 15) is 28.8 Å². The van der Waals surface area contributed by atoms with E-state index in [2.05, 4.69) is 31.2 Å². The van der Waals surface area contributed by atoms with Crippen molar-refractivity contribution in [2.24, 2.45) is 5.41 Å². The lowest BCUT2D eigenvalue weighted by Crippen LogP contribution is -2.59. The summed E-state index contributed by atoms with van der Waals surface area (Å²) < 4.78 is 6.22. The van der Waals surface area contributed by atoms with Gasteiger partial charge >= 0.3 is 0 Å². The molecule has 5 amide bonds. The number of likely N-dealkylation sites (tertiary alicyclic amines) is 1. The van der Waals surface area contributed by atoms with Gasteiger partial charge in [-0.05, 0) is 68.1 Å². The van der Waals surface area contributed by atoms with E-state index in [1.807, 2.05) is 25.1 Å². The molecule has 5 rings (SSSR count). The number of nitrogens with one attached hydrogen (secondary N) is 4. The van der Waals surface area contributed by atoms with Crippen molar-refractivity contribution in [3.63, 3.8) is 0 Å². The van der Waals surface area contributed by atoms with Crippen LogP contribution in [0, 0.1) is 5.41 Å². The molecule has 1 aliphatic heterocycles. The number of para-hydroxylation sites is 1. The summed E-state index contributed by atoms with van der Waals surface area (Å²) in [4.78, 5) is 91.4. The van der Waals surface area contributed by atoms with E-state index < -0.39 is 65.0 Å². The number of hydrogen-bond donors (Lipinski definition) is 4. The van der Waals surface area contributed by atoms with Gasteiger partial charge in [0.25, 0.3) is 17.7 Å². The Morgan fingerprint density at radius 1 is 0.943 bits per heavy atom. The fourth-order valence-electron chi connectivity index (χ4n) is 6.68. The van der Waals surface area contributed by atoms with Crippen LogP contribution in [0.1, 0.15) is 102 Å². The zero-order valence-electron chi connectivity index (χ0n) is 31.0. The second-order valence-electron chi connectivity index (χ2n) is 15.1. The van der Waals surface area contributed by atoms with Gasteiger partial charge in [0.1, 0.15) is 35.3 Å². The Balaban J connectivity index is 1.40. The number of aromatic nitrogens is 2. The van der Waals surface area contributed by atoms with Gasteiger partial charge in [0.2, 0.25) is 17.6 Å². The van der Waals surface area contributed by atoms with Crippen LogP contribution in [0.25, 0.3) is 0 Å². The van der Waals surface area contributed by atoms with Crippen molar-refractivity contribution in [1.29, 1.82) is 0 Å². The lowest BCUT2D eigenvalue weighted by atomic mass is 9.85. The van der Waals surface area contributed by atoms with Gasteiger partial charge < -0.3 is 30.9 Å². The fraction of sp³-hybridized carbons (Fsp3) is 0.538. The zero-order chi connectivity index (χ0) is 38.1. The minimum absolute atomic E-state index is 0.0255. The highest BCUT2D eigenvalue weighted by Gasteiger charge is 2.47. The van der Waals surface area contributed by atoms with Gasteiger partial charge in [0.15, 0.2) is 0 Å². The average Bonchev–Trinajstić information content (AvgIpc) is 3.87. The molecule has 1 unspecified atom stereocenters. The van der Waals surface area contributed by atoms with Crippen molar-refractivity contribution in [1.82, 2.24) is 36.1 Å². The summed E-state index contributed by atoms with van der Waals surface area (Å²) in [5.74, 6) is -3.25. The molecule has 3 aliphatic rings. The van der Waals surface area contributed by atoms with E-state index >= 15 is 0 Å². The molecule has 0 spiro atoms. The Morgan fingerprint density at radius 3 is 2.28 bits per heavy atom. The molecular weight excluding hydrogens is 678 g/mol. The van der Waals surface area contributed by atoms with Gasteiger partial charge in [0.05, 0.1) is 18.8 Å². The van der Waals surface area contributed by atoms with Gasteiger partial charge in [0, 0.05) is 24.9 Å². The zero-order valence-corrected chi connectivity index (χ0v) is 31.0. The van der Waals surface area contributed by atoms with Crippen LogP contribution < -0.4 is 26.0 Å². The van der Waals surface area contributed by atoms with Gasteiger partial charge in [-0.25, -0.2) is 4.98 Å². The molecule has 53 heavy (non-hydrogen) atoms. The number of hydrogen-bond acceptors (Lipinski definition) is 9. The molecular formula is C39H51N7O7. The maximum absolute atomic E-state index is 14.7. The lowest BCUT2D eigenvalue weighted by molar-refractivity contribution is -0.145. The van der Waals surface area contributed by atoms with E-state index in [-0.39, 0.29) is 36.8 Å². The third kappa shape index (κ3) is 10.5. The number of ketones is 1. The van der Waals surface area contributed by atoms with Crippen LogP contribution >= 0.6 is 0 Å². The van der Waals surface area contributed by atoms with Crippen LogP contribution in [0.3, 0.4) is 0 Å². The number of ether oxygens (including phenoxy) is 1. The first-order valence-corrected chi connectivity index (χ1v) is 18.6. The molecule has 4 N–H and O–H groups in total. The maximum Gasteiger partial charge on any atom is 0.289 e. The quantitative estimate of drug-likeness (QED) is 0.167. The first-order valence-electron chi connectivity index (χ1n) is 18.6. The third-order valence-electron chi connectivity index (χ3n) is 9.70. The Kier molecular flexibility index (Phi) is 13.0. The molecule has 1 aromatic heterocycles. The Bertz CT molecular complexity index is 1680. The van der Waals surface area contributed by atoms with Crippen molar-refractivity contribution in [3.05, 3.63) is 65.9 Å². The summed E-state index contributed by atoms with van der Waals surface area (Å²) in [5, 5.41) is 11.1. The van der Waals surface area contributed by atoms with Crippen molar-refractivity contribution in [3.8, 4) is 5.75 Å². The van der Waals surface area contributed by atoms with Gasteiger partial charge in [-0.15, -0.1) is 0 Å². The summed E-state index contributed by atoms with van der Waals surface area (Å²) in [6, 6.07) is 5.75. The molecule has 1 aromatic carbocycles. The van der Waals surface area contributed by atoms with E-state index in [0.29, 0.717) is 25.0 Å². The monoisotopic (exact) mass is 729 g/mol. The molecule has 4 atom stereocenters. The maximum atomic E-state index is 14.7. The van der Waals surface area contributed by atoms with E-state index in [1.165, 1.54) is 23.5 Å². The summed E-state index contributed by atoms with van der Waals surface area (Å²) in [6.07, 6.45) is 9.99. The van der Waals surface area contributed by atoms with Crippen molar-refractivity contribution < 1.29 is 33.5 Å². The number of carbonyl (C=O) groups excluding carboxylic acids is 6. The van der Waals surface area contributed by atoms with Crippen molar-refractivity contribution in [2.75, 3.05) is 6.54 Å². The van der Waals surface area contributed by atoms with Gasteiger partial charge in [-0.3, -0.25) is 33.8 Å². The molecule has 2 saturated carbocycles. The number of rotatable bonds is 14. The molecule has 1 saturated heterocycles. The first kappa shape index (κ1) is 39.1. The van der Waals surface area contributed by atoms with Crippen LogP contribution in [-0.2, 0) is 24.0 Å². The molecule has 3 fully saturated rings. The number of nitrogens with zero attached hydrogens (tertiary/aromatic N) is 3. The number of carbonyl (C=O) groups is 6. The first-order chi connectivity index (χ1) is 25.3. The second kappa shape index (κ2) is 17.6. The Labute approximate surface area is 310 Å². The minimum Gasteiger partial charge on any atom is -0.488 e. The molecule has 14 nitrogen and oxygen atoms in total. The SMILES string of the molecule is CCCC(NC(=O)[C@@H]1C[C@@H](Oc2ccccc2)CN1C(=O)[C@@H](NC(=O)C(NC(=O)c1cnccn1)=C1CCCCC1)C(C)(C)C)C(=O)C(=O)NC1CC1. The van der Waals surface area contributed by atoms with E-state index in [4.69, 9.17) is 4.74 Å². The molecule has 2 aromatic rings. The van der Waals surface area contributed by atoms with Crippen LogP contribution in [-0.4, -0.2) is 87.0 Å². The smallest absolute Gasteiger partial charge is 0.289 e. The highest BCUT2D eigenvalue weighted by molar-refractivity contribution is 6.38. The molecule has 2 heterocycles. The van der Waals surface area contributed by atoms with Crippen LogP contribution in [0.2, 0.25) is 0 Å². The summed E-state index contributed by atoms with van der Waals surface area (Å²) >= 11 is 0.